The molecule has 14 atom stereocenters. The Hall–Kier alpha value is -8.70. The smallest absolute Gasteiger partial charge is 0.333 e. The number of aliphatic carboxylic acids is 1. The van der Waals surface area contributed by atoms with E-state index in [2.05, 4.69) is 42.2 Å². The van der Waals surface area contributed by atoms with Gasteiger partial charge in [0.1, 0.15) is 46.7 Å². The molecule has 4 bridgehead atoms. The van der Waals surface area contributed by atoms with Gasteiger partial charge in [-0.3, -0.25) is 91.4 Å². The van der Waals surface area contributed by atoms with Crippen LogP contribution in [0.15, 0.2) is 23.6 Å². The molecule has 4 aliphatic rings. The summed E-state index contributed by atoms with van der Waals surface area (Å²) in [4.78, 5) is 244. The number of likely N-dealkylation sites (N-methyl/N-ethyl adjacent to an activating group) is 1. The topological polar surface area (TPSA) is 439 Å². The second kappa shape index (κ2) is 37.5. The Bertz CT molecular complexity index is 3700. The minimum atomic E-state index is -2.07. The number of anilines is 1. The summed E-state index contributed by atoms with van der Waals surface area (Å²) in [6.45, 7) is 17.8. The quantitative estimate of drug-likeness (QED) is 0.0536. The highest BCUT2D eigenvalue weighted by molar-refractivity contribution is 8.17. The summed E-state index contributed by atoms with van der Waals surface area (Å²) >= 11 is 3.17. The van der Waals surface area contributed by atoms with Crippen LogP contribution in [0.2, 0.25) is 0 Å². The number of ketones is 2. The van der Waals surface area contributed by atoms with Crippen LogP contribution >= 0.6 is 34.9 Å². The predicted molar refractivity (Wildman–Crippen MR) is 385 cm³/mol. The number of nitrogens with zero attached hydrogens (tertiary/aromatic N) is 5. The van der Waals surface area contributed by atoms with Gasteiger partial charge in [0.05, 0.1) is 33.6 Å². The number of amides is 12. The number of ether oxygens (including phenoxy) is 2. The number of benzene rings is 1. The Labute approximate surface area is 621 Å². The van der Waals surface area contributed by atoms with E-state index in [1.54, 1.807) is 44.8 Å². The monoisotopic (exact) mass is 1520 g/mol. The molecule has 1 aromatic heterocycles. The molecule has 8 N–H and O–H groups in total. The van der Waals surface area contributed by atoms with Crippen molar-refractivity contribution in [3.8, 4) is 5.75 Å². The molecule has 4 aliphatic heterocycles. The van der Waals surface area contributed by atoms with Crippen LogP contribution in [-0.4, -0.2) is 228 Å². The molecule has 32 nitrogen and oxygen atoms in total. The number of carbonyl (C=O) groups excluding carboxylic acids is 16. The van der Waals surface area contributed by atoms with E-state index in [9.17, 15) is 86.6 Å². The summed E-state index contributed by atoms with van der Waals surface area (Å²) in [5, 5.41) is 27.7. The summed E-state index contributed by atoms with van der Waals surface area (Å²) < 4.78 is 11.6. The molecule has 105 heavy (non-hydrogen) atoms. The Morgan fingerprint density at radius 3 is 1.87 bits per heavy atom. The van der Waals surface area contributed by atoms with E-state index in [0.29, 0.717) is 12.0 Å². The molecule has 3 fully saturated rings. The molecule has 6 rings (SSSR count). The first-order valence-corrected chi connectivity index (χ1v) is 37.8. The predicted octanol–water partition coefficient (Wildman–Crippen LogP) is 2.44. The maximum atomic E-state index is 14.6. The van der Waals surface area contributed by atoms with E-state index in [1.165, 1.54) is 65.1 Å². The van der Waals surface area contributed by atoms with Gasteiger partial charge in [-0.25, -0.2) is 9.78 Å². The molecular formula is C70H98N12O20S3. The van der Waals surface area contributed by atoms with Crippen LogP contribution in [0.4, 0.5) is 5.69 Å². The van der Waals surface area contributed by atoms with E-state index in [1.807, 2.05) is 27.7 Å². The van der Waals surface area contributed by atoms with Crippen molar-refractivity contribution in [1.29, 1.82) is 0 Å². The zero-order valence-corrected chi connectivity index (χ0v) is 64.3. The fourth-order valence-electron chi connectivity index (χ4n) is 12.1. The Morgan fingerprint density at radius 1 is 0.743 bits per heavy atom. The number of nitrogens with one attached hydrogen (secondary N) is 7. The van der Waals surface area contributed by atoms with Crippen molar-refractivity contribution in [3.63, 3.8) is 0 Å². The maximum absolute atomic E-state index is 14.6. The molecule has 3 saturated heterocycles. The number of carboxylic acids is 1. The highest BCUT2D eigenvalue weighted by atomic mass is 32.2. The number of esters is 2. The number of thiazole rings is 1. The third kappa shape index (κ3) is 22.7. The lowest BCUT2D eigenvalue weighted by Crippen LogP contribution is -2.60. The van der Waals surface area contributed by atoms with Crippen LogP contribution in [0.1, 0.15) is 168 Å². The summed E-state index contributed by atoms with van der Waals surface area (Å²) in [5.41, 5.74) is -0.872. The van der Waals surface area contributed by atoms with E-state index >= 15 is 0 Å². The molecule has 9 unspecified atom stereocenters. The van der Waals surface area contributed by atoms with Crippen LogP contribution in [0.3, 0.4) is 0 Å². The first kappa shape index (κ1) is 85.2. The first-order valence-electron chi connectivity index (χ1n) is 34.9. The van der Waals surface area contributed by atoms with Gasteiger partial charge in [-0.15, -0.1) is 34.9 Å². The van der Waals surface area contributed by atoms with Crippen LogP contribution in [0.5, 0.6) is 5.75 Å². The number of imide groups is 2. The standard InChI is InChI=1S/C70H98N12O20S3/c1-16-34(4)44(27-53(85)70(11,12)79(13)14)65(95)80(15)48(33(2)3)28-50(101-40(10)83)64-77-47(31-103-64)62(93)75-42(23-35(5)68(98)99)24-41-17-18-49-46(25-41)76-60(91)38(8)71-58(89)37(7)73-63(94)57-45(61(92)72-36(6)59(90)74-39(9)69(100)102-49)26-43(84)19-21-81-55(87)29-51(66(81)96)104-32-105-52-30-56(88)82(67(52)97)22-20-54(86)78-57/h17-18,25,31,33-39,42,44-45,48,50-52,57H,16,19-24,26-30,32H2,1-15H3,(H,71,89)(H,72,92)(H,73,94)(H,74,90)(H,75,93)(H,76,91)(H,78,86)(H,98,99)/t34-,35?,36?,37?,38?,39?,42+,44-,45?,48+,50+,51?,52?,57?/m0/s1. The van der Waals surface area contributed by atoms with Crippen molar-refractivity contribution < 1.29 is 96.1 Å². The van der Waals surface area contributed by atoms with Gasteiger partial charge in [0.2, 0.25) is 65.0 Å². The molecule has 12 amide bonds. The zero-order chi connectivity index (χ0) is 78.4. The van der Waals surface area contributed by atoms with E-state index < -0.39 is 203 Å². The molecule has 1 aromatic carbocycles. The summed E-state index contributed by atoms with van der Waals surface area (Å²) in [7, 11) is 5.24. The van der Waals surface area contributed by atoms with Crippen molar-refractivity contribution in [2.75, 3.05) is 44.6 Å². The van der Waals surface area contributed by atoms with Crippen molar-refractivity contribution >= 4 is 141 Å². The number of Topliss-reactive ketones (excluding diaryl/α,β-unsaturated/α-hetero) is 2. The lowest BCUT2D eigenvalue weighted by Gasteiger charge is -2.38. The van der Waals surface area contributed by atoms with Gasteiger partial charge in [0.15, 0.2) is 17.6 Å². The molecular weight excluding hydrogens is 1430 g/mol. The van der Waals surface area contributed by atoms with E-state index in [-0.39, 0.29) is 89.3 Å². The molecule has 0 radical (unpaired) electrons. The number of carbonyl (C=O) groups is 17. The van der Waals surface area contributed by atoms with Gasteiger partial charge in [-0.2, -0.15) is 0 Å². The number of aromatic nitrogens is 1. The Morgan fingerprint density at radius 2 is 1.30 bits per heavy atom. The molecule has 35 heteroatoms. The molecule has 0 aliphatic carbocycles. The van der Waals surface area contributed by atoms with E-state index in [0.717, 1.165) is 44.7 Å². The van der Waals surface area contributed by atoms with Crippen molar-refractivity contribution in [2.45, 2.75) is 212 Å². The molecule has 0 saturated carbocycles. The van der Waals surface area contributed by atoms with Gasteiger partial charge in [-0.1, -0.05) is 47.1 Å². The van der Waals surface area contributed by atoms with Crippen molar-refractivity contribution in [3.05, 3.63) is 39.8 Å². The van der Waals surface area contributed by atoms with Gasteiger partial charge in [-0.05, 0) is 98.0 Å². The third-order valence-electron chi connectivity index (χ3n) is 19.5. The fourth-order valence-corrected chi connectivity index (χ4v) is 15.6. The fraction of sp³-hybridized carbons (Fsp3) is 0.629. The van der Waals surface area contributed by atoms with Gasteiger partial charge < -0.3 is 56.7 Å². The molecule has 0 spiro atoms. The highest BCUT2D eigenvalue weighted by Gasteiger charge is 2.45. The SMILES string of the molecule is CC[C@H](C)[C@H](CC(=O)C(C)(C)N(C)C)C(=O)N(C)[C@H](C[C@@H](OC(C)=O)c1nc(C(=O)N[C@@H](Cc2ccc3c(c2)NC(=O)C(C)NC(=O)C(C)NC(=O)C2NC(=O)CCN4C(=O)CC(SCSC5CC(=O)N(CCC(=O)CC2C(=O)NC(C)C(=O)NC(C)C(=O)O3)C5=O)C4=O)CC(C)C(=O)O)cs1)C(C)C. The van der Waals surface area contributed by atoms with Crippen LogP contribution in [0.25, 0.3) is 0 Å². The Kier molecular flexibility index (Phi) is 30.5. The number of thioether (sulfide) groups is 2. The van der Waals surface area contributed by atoms with Crippen molar-refractivity contribution in [2.24, 2.45) is 29.6 Å². The van der Waals surface area contributed by atoms with Gasteiger partial charge in [0.25, 0.3) is 5.91 Å². The molecule has 5 heterocycles. The highest BCUT2D eigenvalue weighted by Crippen LogP contribution is 2.36. The maximum Gasteiger partial charge on any atom is 0.333 e. The number of hydrogen-bond donors (Lipinski definition) is 8. The van der Waals surface area contributed by atoms with Crippen LogP contribution in [0, 0.1) is 29.6 Å². The van der Waals surface area contributed by atoms with E-state index in [4.69, 9.17) is 9.47 Å². The minimum Gasteiger partial charge on any atom is -0.481 e. The summed E-state index contributed by atoms with van der Waals surface area (Å²) in [5.74, 6) is -18.1. The zero-order valence-electron chi connectivity index (χ0n) is 61.8. The minimum absolute atomic E-state index is 0.00183. The second-order valence-electron chi connectivity index (χ2n) is 28.2. The largest absolute Gasteiger partial charge is 0.481 e. The number of rotatable bonds is 20. The average Bonchev–Trinajstić information content (AvgIpc) is 1.81. The van der Waals surface area contributed by atoms with Gasteiger partial charge >= 0.3 is 17.9 Å². The van der Waals surface area contributed by atoms with Crippen molar-refractivity contribution in [1.82, 2.24) is 56.5 Å². The number of hydrogen-bond acceptors (Lipinski definition) is 24. The summed E-state index contributed by atoms with van der Waals surface area (Å²) in [6.07, 6.45) is -3.17. The second-order valence-corrected chi connectivity index (χ2v) is 31.9. The number of fused-ring (bicyclic) bond motifs is 6. The Balaban J connectivity index is 1.27. The van der Waals surface area contributed by atoms with Crippen LogP contribution < -0.4 is 42.0 Å². The molecule has 576 valence electrons. The van der Waals surface area contributed by atoms with Crippen LogP contribution in [-0.2, 0) is 87.9 Å². The van der Waals surface area contributed by atoms with Gasteiger partial charge in [0, 0.05) is 100 Å². The molecule has 2 aromatic rings. The normalized spacial score (nSPS) is 24.3. The third-order valence-corrected chi connectivity index (χ3v) is 23.1. The average molecular weight is 1520 g/mol. The lowest BCUT2D eigenvalue weighted by atomic mass is 9.81. The first-order chi connectivity index (χ1) is 49.1. The lowest BCUT2D eigenvalue weighted by molar-refractivity contribution is -0.150. The summed E-state index contributed by atoms with van der Waals surface area (Å²) in [6, 6.07) is -5.76. The number of carboxylic acid groups (broad SMARTS) is 1.